The predicted octanol–water partition coefficient (Wildman–Crippen LogP) is 5.38. The van der Waals surface area contributed by atoms with E-state index in [4.69, 9.17) is 4.74 Å². The second kappa shape index (κ2) is 11.0. The Morgan fingerprint density at radius 3 is 2.00 bits per heavy atom. The molecule has 1 N–H and O–H groups in total. The molecule has 0 amide bonds. The van der Waals surface area contributed by atoms with Gasteiger partial charge in [0.15, 0.2) is 7.14 Å². The van der Waals surface area contributed by atoms with Gasteiger partial charge in [0.1, 0.15) is 5.52 Å². The molecule has 6 nitrogen and oxygen atoms in total. The van der Waals surface area contributed by atoms with Crippen molar-refractivity contribution in [3.63, 3.8) is 0 Å². The number of aromatic nitrogens is 3. The van der Waals surface area contributed by atoms with E-state index in [1.165, 1.54) is 0 Å². The maximum absolute atomic E-state index is 15.4. The Bertz CT molecular complexity index is 1490. The van der Waals surface area contributed by atoms with Gasteiger partial charge >= 0.3 is 0 Å². The maximum Gasteiger partial charge on any atom is 0.213 e. The molecule has 2 atom stereocenters. The average molecular weight is 510 g/mol. The third-order valence-corrected chi connectivity index (χ3v) is 9.73. The van der Waals surface area contributed by atoms with E-state index >= 15 is 4.57 Å². The summed E-state index contributed by atoms with van der Waals surface area (Å²) in [5, 5.41) is 21.7. The summed E-state index contributed by atoms with van der Waals surface area (Å²) in [7, 11) is -3.46. The SMILES string of the molecule is CCO/C(=C/[C@@H]([C@@H](O)c1ccccc1)P(=O)(c1ccccc1)c1ccccc1)n1nnc2ccccc21. The Balaban J connectivity index is 1.77. The van der Waals surface area contributed by atoms with E-state index < -0.39 is 18.9 Å². The van der Waals surface area contributed by atoms with E-state index in [-0.39, 0.29) is 0 Å². The highest BCUT2D eigenvalue weighted by Gasteiger charge is 2.41. The van der Waals surface area contributed by atoms with Crippen LogP contribution in [-0.4, -0.2) is 32.4 Å². The molecule has 0 unspecified atom stereocenters. The van der Waals surface area contributed by atoms with Crippen molar-refractivity contribution in [3.8, 4) is 0 Å². The zero-order valence-electron chi connectivity index (χ0n) is 20.5. The van der Waals surface area contributed by atoms with Gasteiger partial charge in [-0.15, -0.1) is 5.10 Å². The van der Waals surface area contributed by atoms with E-state index in [0.717, 1.165) is 5.52 Å². The summed E-state index contributed by atoms with van der Waals surface area (Å²) >= 11 is 0. The van der Waals surface area contributed by atoms with Crippen molar-refractivity contribution in [2.45, 2.75) is 18.7 Å². The van der Waals surface area contributed by atoms with Crippen molar-refractivity contribution < 1.29 is 14.4 Å². The predicted molar refractivity (Wildman–Crippen MR) is 148 cm³/mol. The van der Waals surface area contributed by atoms with Crippen molar-refractivity contribution >= 4 is 34.7 Å². The van der Waals surface area contributed by atoms with Crippen LogP contribution < -0.4 is 10.6 Å². The summed E-state index contributed by atoms with van der Waals surface area (Å²) < 4.78 is 23.1. The van der Waals surface area contributed by atoms with Crippen LogP contribution in [0.1, 0.15) is 18.6 Å². The Hall–Kier alpha value is -3.99. The molecule has 1 aromatic heterocycles. The van der Waals surface area contributed by atoms with E-state index in [2.05, 4.69) is 10.3 Å². The summed E-state index contributed by atoms with van der Waals surface area (Å²) in [4.78, 5) is 0. The first-order valence-electron chi connectivity index (χ1n) is 12.2. The van der Waals surface area contributed by atoms with Gasteiger partial charge in [0.25, 0.3) is 0 Å². The van der Waals surface area contributed by atoms with Gasteiger partial charge in [0, 0.05) is 10.6 Å². The number of hydrogen-bond acceptors (Lipinski definition) is 5. The highest BCUT2D eigenvalue weighted by molar-refractivity contribution is 7.79. The molecule has 0 aliphatic rings. The Kier molecular flexibility index (Phi) is 7.31. The normalized spacial score (nSPS) is 13.8. The highest BCUT2D eigenvalue weighted by atomic mass is 31.2. The van der Waals surface area contributed by atoms with Crippen LogP contribution in [0.25, 0.3) is 16.9 Å². The van der Waals surface area contributed by atoms with Gasteiger partial charge in [-0.25, -0.2) is 0 Å². The maximum atomic E-state index is 15.4. The summed E-state index contributed by atoms with van der Waals surface area (Å²) in [6.45, 7) is 2.23. The molecule has 0 bridgehead atoms. The molecule has 5 rings (SSSR count). The van der Waals surface area contributed by atoms with Crippen molar-refractivity contribution in [1.82, 2.24) is 15.0 Å². The van der Waals surface area contributed by atoms with Crippen LogP contribution in [-0.2, 0) is 9.30 Å². The molecule has 4 aromatic carbocycles. The van der Waals surface area contributed by atoms with Gasteiger partial charge in [-0.3, -0.25) is 0 Å². The smallest absolute Gasteiger partial charge is 0.213 e. The molecule has 0 radical (unpaired) electrons. The first kappa shape index (κ1) is 24.7. The minimum Gasteiger partial charge on any atom is -0.478 e. The molecule has 186 valence electrons. The van der Waals surface area contributed by atoms with Crippen molar-refractivity contribution in [1.29, 1.82) is 0 Å². The third kappa shape index (κ3) is 4.86. The quantitative estimate of drug-likeness (QED) is 0.213. The average Bonchev–Trinajstić information content (AvgIpc) is 3.40. The van der Waals surface area contributed by atoms with Crippen LogP contribution in [0, 0.1) is 0 Å². The fourth-order valence-electron chi connectivity index (χ4n) is 4.54. The van der Waals surface area contributed by atoms with Crippen LogP contribution in [0.5, 0.6) is 0 Å². The van der Waals surface area contributed by atoms with Crippen LogP contribution in [0.3, 0.4) is 0 Å². The number of aliphatic hydroxyl groups is 1. The number of benzene rings is 4. The van der Waals surface area contributed by atoms with Crippen molar-refractivity contribution in [3.05, 3.63) is 127 Å². The van der Waals surface area contributed by atoms with Gasteiger partial charge in [-0.05, 0) is 30.7 Å². The van der Waals surface area contributed by atoms with E-state index in [1.807, 2.05) is 122 Å². The number of aliphatic hydroxyl groups excluding tert-OH is 1. The minimum absolute atomic E-state index is 0.356. The summed E-state index contributed by atoms with van der Waals surface area (Å²) in [6, 6.07) is 35.6. The summed E-state index contributed by atoms with van der Waals surface area (Å²) in [6.07, 6.45) is 0.668. The zero-order chi connectivity index (χ0) is 25.7. The Labute approximate surface area is 216 Å². The van der Waals surface area contributed by atoms with E-state index in [0.29, 0.717) is 34.2 Å². The first-order chi connectivity index (χ1) is 18.1. The van der Waals surface area contributed by atoms with Gasteiger partial charge in [-0.2, -0.15) is 4.68 Å². The molecule has 0 saturated heterocycles. The number of fused-ring (bicyclic) bond motifs is 1. The molecule has 1 heterocycles. The molecule has 37 heavy (non-hydrogen) atoms. The first-order valence-corrected chi connectivity index (χ1v) is 14.0. The molecule has 0 aliphatic carbocycles. The monoisotopic (exact) mass is 509 g/mol. The van der Waals surface area contributed by atoms with Crippen LogP contribution in [0.2, 0.25) is 0 Å². The number of para-hydroxylation sites is 1. The zero-order valence-corrected chi connectivity index (χ0v) is 21.4. The molecule has 0 saturated carbocycles. The highest BCUT2D eigenvalue weighted by Crippen LogP contribution is 2.54. The number of hydrogen-bond donors (Lipinski definition) is 1. The van der Waals surface area contributed by atoms with E-state index in [1.54, 1.807) is 10.8 Å². The van der Waals surface area contributed by atoms with Crippen LogP contribution >= 0.6 is 7.14 Å². The fraction of sp³-hybridized carbons (Fsp3) is 0.133. The molecular formula is C30H28N3O3P. The topological polar surface area (TPSA) is 77.2 Å². The number of rotatable bonds is 9. The van der Waals surface area contributed by atoms with Crippen LogP contribution in [0.15, 0.2) is 121 Å². The van der Waals surface area contributed by atoms with Crippen LogP contribution in [0.4, 0.5) is 0 Å². The minimum atomic E-state index is -3.46. The lowest BCUT2D eigenvalue weighted by atomic mass is 10.1. The third-order valence-electron chi connectivity index (χ3n) is 6.33. The van der Waals surface area contributed by atoms with Gasteiger partial charge in [0.05, 0.1) is 23.9 Å². The van der Waals surface area contributed by atoms with Gasteiger partial charge in [0.2, 0.25) is 5.88 Å². The molecule has 7 heteroatoms. The number of ether oxygens (including phenoxy) is 1. The molecule has 0 spiro atoms. The molecular weight excluding hydrogens is 481 g/mol. The summed E-state index contributed by atoms with van der Waals surface area (Å²) in [5.41, 5.74) is 1.27. The molecule has 5 aromatic rings. The van der Waals surface area contributed by atoms with Crippen molar-refractivity contribution in [2.75, 3.05) is 6.61 Å². The lowest BCUT2D eigenvalue weighted by molar-refractivity contribution is 0.182. The Morgan fingerprint density at radius 1 is 0.865 bits per heavy atom. The lowest BCUT2D eigenvalue weighted by Gasteiger charge is -2.31. The molecule has 0 aliphatic heterocycles. The van der Waals surface area contributed by atoms with Gasteiger partial charge in [-0.1, -0.05) is 108 Å². The second-order valence-electron chi connectivity index (χ2n) is 8.60. The number of nitrogens with zero attached hydrogens (tertiary/aromatic N) is 3. The second-order valence-corrected chi connectivity index (χ2v) is 11.5. The fourth-order valence-corrected chi connectivity index (χ4v) is 7.66. The van der Waals surface area contributed by atoms with Gasteiger partial charge < -0.3 is 14.4 Å². The van der Waals surface area contributed by atoms with Crippen molar-refractivity contribution in [2.24, 2.45) is 0 Å². The lowest BCUT2D eigenvalue weighted by Crippen LogP contribution is -2.30. The largest absolute Gasteiger partial charge is 0.478 e. The van der Waals surface area contributed by atoms with E-state index in [9.17, 15) is 5.11 Å². The Morgan fingerprint density at radius 2 is 1.41 bits per heavy atom. The molecule has 0 fully saturated rings. The summed E-state index contributed by atoms with van der Waals surface area (Å²) in [5.74, 6) is 0.364. The standard InChI is InChI=1S/C30H28N3O3P/c1-2-36-29(33-27-21-13-12-20-26(27)31-32-33)22-28(30(34)23-14-6-3-7-15-23)37(35,24-16-8-4-9-17-24)25-18-10-5-11-19-25/h3-22,28,30,34H,2H2,1H3/b29-22+/t28-,30-/m0/s1.